The zero-order chi connectivity index (χ0) is 20.1. The fraction of sp³-hybridized carbons (Fsp3) is 0.917. The molecule has 158 valence electrons. The SMILES string of the molecule is CCCCCCCCCC(C1(N=C=O)CCCCC1)C1(N=C=O)CCCCC1. The molecule has 0 aromatic rings. The van der Waals surface area contributed by atoms with Crippen molar-refractivity contribution in [3.05, 3.63) is 0 Å². The molecule has 0 atom stereocenters. The lowest BCUT2D eigenvalue weighted by Crippen LogP contribution is -2.52. The van der Waals surface area contributed by atoms with Gasteiger partial charge in [-0.3, -0.25) is 0 Å². The predicted octanol–water partition coefficient (Wildman–Crippen LogP) is 6.82. The van der Waals surface area contributed by atoms with Crippen molar-refractivity contribution in [2.75, 3.05) is 0 Å². The first-order valence-corrected chi connectivity index (χ1v) is 11.9. The quantitative estimate of drug-likeness (QED) is 0.209. The van der Waals surface area contributed by atoms with E-state index in [9.17, 15) is 9.59 Å². The van der Waals surface area contributed by atoms with E-state index in [-0.39, 0.29) is 17.0 Å². The summed E-state index contributed by atoms with van der Waals surface area (Å²) in [5.41, 5.74) is -0.722. The molecule has 4 nitrogen and oxygen atoms in total. The molecule has 4 heteroatoms. The predicted molar refractivity (Wildman–Crippen MR) is 114 cm³/mol. The lowest BCUT2D eigenvalue weighted by Gasteiger charge is -2.49. The molecule has 0 spiro atoms. The van der Waals surface area contributed by atoms with Crippen LogP contribution in [0.1, 0.15) is 122 Å². The molecule has 2 rings (SSSR count). The largest absolute Gasteiger partial charge is 0.235 e. The Morgan fingerprint density at radius 3 is 1.54 bits per heavy atom. The maximum atomic E-state index is 11.4. The Kier molecular flexibility index (Phi) is 10.2. The molecule has 2 saturated carbocycles. The minimum Gasteiger partial charge on any atom is -0.211 e. The zero-order valence-electron chi connectivity index (χ0n) is 18.0. The van der Waals surface area contributed by atoms with Gasteiger partial charge in [-0.25, -0.2) is 9.59 Å². The van der Waals surface area contributed by atoms with Gasteiger partial charge in [-0.05, 0) is 32.1 Å². The summed E-state index contributed by atoms with van der Waals surface area (Å²) in [5.74, 6) is 0.180. The molecule has 28 heavy (non-hydrogen) atoms. The molecule has 2 aliphatic rings. The minimum atomic E-state index is -0.361. The van der Waals surface area contributed by atoms with Crippen molar-refractivity contribution in [2.45, 2.75) is 134 Å². The van der Waals surface area contributed by atoms with E-state index in [1.165, 1.54) is 51.4 Å². The summed E-state index contributed by atoms with van der Waals surface area (Å²) in [6, 6.07) is 0. The number of hydrogen-bond donors (Lipinski definition) is 0. The lowest BCUT2D eigenvalue weighted by molar-refractivity contribution is 0.0794. The Bertz CT molecular complexity index is 495. The number of hydrogen-bond acceptors (Lipinski definition) is 4. The third-order valence-corrected chi connectivity index (χ3v) is 7.37. The second-order valence-electron chi connectivity index (χ2n) is 9.20. The van der Waals surface area contributed by atoms with Gasteiger partial charge in [-0.2, -0.15) is 9.98 Å². The highest BCUT2D eigenvalue weighted by Crippen LogP contribution is 2.51. The molecular formula is C24H40N2O2. The van der Waals surface area contributed by atoms with Crippen LogP contribution in [0.4, 0.5) is 0 Å². The molecule has 0 saturated heterocycles. The van der Waals surface area contributed by atoms with Crippen molar-refractivity contribution >= 4 is 12.2 Å². The van der Waals surface area contributed by atoms with Gasteiger partial charge in [0.05, 0.1) is 11.1 Å². The number of unbranched alkanes of at least 4 members (excludes halogenated alkanes) is 6. The van der Waals surface area contributed by atoms with Crippen molar-refractivity contribution in [2.24, 2.45) is 15.9 Å². The van der Waals surface area contributed by atoms with E-state index in [1.807, 2.05) is 12.2 Å². The fourth-order valence-corrected chi connectivity index (χ4v) is 5.93. The van der Waals surface area contributed by atoms with Gasteiger partial charge in [0.1, 0.15) is 0 Å². The van der Waals surface area contributed by atoms with Crippen LogP contribution in [-0.4, -0.2) is 23.2 Å². The Morgan fingerprint density at radius 2 is 1.11 bits per heavy atom. The number of nitrogens with zero attached hydrogens (tertiary/aromatic N) is 2. The van der Waals surface area contributed by atoms with Crippen molar-refractivity contribution < 1.29 is 9.59 Å². The normalized spacial score (nSPS) is 21.9. The van der Waals surface area contributed by atoms with Gasteiger partial charge < -0.3 is 0 Å². The van der Waals surface area contributed by atoms with Gasteiger partial charge in [0, 0.05) is 5.92 Å². The van der Waals surface area contributed by atoms with E-state index < -0.39 is 0 Å². The van der Waals surface area contributed by atoms with Crippen LogP contribution in [-0.2, 0) is 9.59 Å². The van der Waals surface area contributed by atoms with Gasteiger partial charge in [-0.15, -0.1) is 0 Å². The summed E-state index contributed by atoms with van der Waals surface area (Å²) < 4.78 is 0. The molecule has 0 bridgehead atoms. The molecule has 0 unspecified atom stereocenters. The molecule has 2 fully saturated rings. The van der Waals surface area contributed by atoms with Crippen LogP contribution in [0.3, 0.4) is 0 Å². The van der Waals surface area contributed by atoms with Gasteiger partial charge in [0.25, 0.3) is 0 Å². The number of carbonyl (C=O) groups excluding carboxylic acids is 2. The molecule has 0 aromatic carbocycles. The smallest absolute Gasteiger partial charge is 0.211 e. The Balaban J connectivity index is 2.16. The summed E-state index contributed by atoms with van der Waals surface area (Å²) in [4.78, 5) is 31.7. The van der Waals surface area contributed by atoms with Crippen LogP contribution in [0.15, 0.2) is 9.98 Å². The topological polar surface area (TPSA) is 58.9 Å². The number of rotatable bonds is 12. The van der Waals surface area contributed by atoms with E-state index in [0.717, 1.165) is 64.2 Å². The average molecular weight is 389 g/mol. The highest BCUT2D eigenvalue weighted by molar-refractivity contribution is 5.38. The van der Waals surface area contributed by atoms with Crippen LogP contribution >= 0.6 is 0 Å². The molecule has 2 aliphatic carbocycles. The van der Waals surface area contributed by atoms with Gasteiger partial charge >= 0.3 is 0 Å². The summed E-state index contributed by atoms with van der Waals surface area (Å²) in [6.45, 7) is 2.25. The highest BCUT2D eigenvalue weighted by atomic mass is 16.1. The molecule has 0 heterocycles. The van der Waals surface area contributed by atoms with Crippen LogP contribution in [0.5, 0.6) is 0 Å². The number of isocyanates is 2. The summed E-state index contributed by atoms with van der Waals surface area (Å²) in [5, 5.41) is 0. The first kappa shape index (κ1) is 23.0. The summed E-state index contributed by atoms with van der Waals surface area (Å²) >= 11 is 0. The first-order valence-electron chi connectivity index (χ1n) is 11.9. The number of aliphatic imine (C=N–C) groups is 2. The summed E-state index contributed by atoms with van der Waals surface area (Å²) in [6.07, 6.45) is 24.4. The Labute approximate surface area is 171 Å². The maximum Gasteiger partial charge on any atom is 0.235 e. The van der Waals surface area contributed by atoms with Crippen LogP contribution in [0.25, 0.3) is 0 Å². The highest BCUT2D eigenvalue weighted by Gasteiger charge is 2.51. The zero-order valence-corrected chi connectivity index (χ0v) is 18.0. The molecule has 0 radical (unpaired) electrons. The standard InChI is InChI=1S/C24H40N2O2/c1-2-3-4-5-6-7-10-15-22(23(25-20-27)16-11-8-12-17-23)24(26-21-28)18-13-9-14-19-24/h22H,2-19H2,1H3. The van der Waals surface area contributed by atoms with Crippen LogP contribution < -0.4 is 0 Å². The molecule has 0 N–H and O–H groups in total. The second kappa shape index (κ2) is 12.3. The lowest BCUT2D eigenvalue weighted by atomic mass is 9.60. The van der Waals surface area contributed by atoms with Crippen molar-refractivity contribution in [1.29, 1.82) is 0 Å². The van der Waals surface area contributed by atoms with Crippen molar-refractivity contribution in [3.8, 4) is 0 Å². The average Bonchev–Trinajstić information content (AvgIpc) is 2.72. The molecular weight excluding hydrogens is 348 g/mol. The maximum absolute atomic E-state index is 11.4. The van der Waals surface area contributed by atoms with E-state index in [4.69, 9.17) is 0 Å². The molecule has 0 amide bonds. The third-order valence-electron chi connectivity index (χ3n) is 7.37. The van der Waals surface area contributed by atoms with E-state index in [2.05, 4.69) is 16.9 Å². The summed E-state index contributed by atoms with van der Waals surface area (Å²) in [7, 11) is 0. The van der Waals surface area contributed by atoms with Crippen LogP contribution in [0.2, 0.25) is 0 Å². The van der Waals surface area contributed by atoms with Gasteiger partial charge in [0.15, 0.2) is 0 Å². The van der Waals surface area contributed by atoms with E-state index in [1.54, 1.807) is 0 Å². The third kappa shape index (κ3) is 6.13. The molecule has 0 aliphatic heterocycles. The second-order valence-corrected chi connectivity index (χ2v) is 9.20. The van der Waals surface area contributed by atoms with Crippen LogP contribution in [0, 0.1) is 5.92 Å². The van der Waals surface area contributed by atoms with Crippen molar-refractivity contribution in [3.63, 3.8) is 0 Å². The van der Waals surface area contributed by atoms with Gasteiger partial charge in [-0.1, -0.05) is 90.4 Å². The van der Waals surface area contributed by atoms with Crippen molar-refractivity contribution in [1.82, 2.24) is 0 Å². The molecule has 0 aromatic heterocycles. The first-order chi connectivity index (χ1) is 13.7. The van der Waals surface area contributed by atoms with E-state index in [0.29, 0.717) is 0 Å². The van der Waals surface area contributed by atoms with Gasteiger partial charge in [0.2, 0.25) is 12.2 Å². The Morgan fingerprint density at radius 1 is 0.679 bits per heavy atom. The Hall–Kier alpha value is -1.24. The monoisotopic (exact) mass is 388 g/mol. The fourth-order valence-electron chi connectivity index (χ4n) is 5.93. The van der Waals surface area contributed by atoms with E-state index >= 15 is 0 Å². The minimum absolute atomic E-state index is 0.180.